The first-order valence-electron chi connectivity index (χ1n) is 5.70. The molecule has 0 radical (unpaired) electrons. The van der Waals surface area contributed by atoms with E-state index in [9.17, 15) is 0 Å². The highest BCUT2D eigenvalue weighted by molar-refractivity contribution is 7.80. The van der Waals surface area contributed by atoms with Crippen LogP contribution < -0.4 is 5.32 Å². The van der Waals surface area contributed by atoms with Gasteiger partial charge in [0.15, 0.2) is 5.11 Å². The van der Waals surface area contributed by atoms with Crippen molar-refractivity contribution in [3.05, 3.63) is 29.8 Å². The molecule has 1 aromatic carbocycles. The van der Waals surface area contributed by atoms with Gasteiger partial charge in [-0.1, -0.05) is 25.5 Å². The zero-order chi connectivity index (χ0) is 12.0. The second-order valence-corrected chi connectivity index (χ2v) is 4.51. The number of aryl methyl sites for hydroxylation is 1. The largest absolute Gasteiger partial charge is 0.355 e. The number of hydrogen-bond acceptors (Lipinski definition) is 1. The van der Waals surface area contributed by atoms with Crippen molar-refractivity contribution in [1.29, 1.82) is 0 Å². The smallest absolute Gasteiger partial charge is 0.172 e. The number of nitrogens with zero attached hydrogens (tertiary/aromatic N) is 1. The van der Waals surface area contributed by atoms with Crippen LogP contribution >= 0.6 is 12.2 Å². The summed E-state index contributed by atoms with van der Waals surface area (Å²) in [6, 6.07) is 8.49. The molecule has 1 rings (SSSR count). The van der Waals surface area contributed by atoms with Crippen LogP contribution in [-0.2, 0) is 6.42 Å². The molecule has 0 saturated carbocycles. The van der Waals surface area contributed by atoms with Crippen LogP contribution in [0.25, 0.3) is 0 Å². The van der Waals surface area contributed by atoms with E-state index >= 15 is 0 Å². The number of benzene rings is 1. The standard InChI is InChI=1S/C13H20N2S/c1-4-5-6-11-7-9-12(10-8-11)14-13(16)15(2)3/h7-10H,4-6H2,1-3H3,(H,14,16). The van der Waals surface area contributed by atoms with Gasteiger partial charge >= 0.3 is 0 Å². The lowest BCUT2D eigenvalue weighted by molar-refractivity contribution is 0.634. The predicted octanol–water partition coefficient (Wildman–Crippen LogP) is 3.29. The van der Waals surface area contributed by atoms with Gasteiger partial charge in [-0.3, -0.25) is 0 Å². The monoisotopic (exact) mass is 236 g/mol. The van der Waals surface area contributed by atoms with Crippen molar-refractivity contribution >= 4 is 23.0 Å². The third kappa shape index (κ3) is 4.19. The molecule has 0 aliphatic heterocycles. The molecule has 0 atom stereocenters. The maximum absolute atomic E-state index is 5.18. The Morgan fingerprint density at radius 2 is 1.88 bits per heavy atom. The molecule has 3 heteroatoms. The molecular weight excluding hydrogens is 216 g/mol. The normalized spacial score (nSPS) is 9.94. The van der Waals surface area contributed by atoms with Crippen LogP contribution in [0.1, 0.15) is 25.3 Å². The first-order valence-corrected chi connectivity index (χ1v) is 6.11. The number of nitrogens with one attached hydrogen (secondary N) is 1. The third-order valence-corrected chi connectivity index (χ3v) is 2.90. The second kappa shape index (κ2) is 6.48. The quantitative estimate of drug-likeness (QED) is 0.808. The van der Waals surface area contributed by atoms with E-state index in [1.807, 2.05) is 19.0 Å². The Hall–Kier alpha value is -1.09. The fourth-order valence-corrected chi connectivity index (χ4v) is 1.49. The summed E-state index contributed by atoms with van der Waals surface area (Å²) < 4.78 is 0. The maximum Gasteiger partial charge on any atom is 0.172 e. The molecule has 0 aromatic heterocycles. The molecule has 88 valence electrons. The number of rotatable bonds is 4. The fourth-order valence-electron chi connectivity index (χ4n) is 1.37. The molecular formula is C13H20N2S. The number of thiocarbonyl (C=S) groups is 1. The highest BCUT2D eigenvalue weighted by Crippen LogP contribution is 2.12. The van der Waals surface area contributed by atoms with E-state index in [-0.39, 0.29) is 0 Å². The molecule has 0 aliphatic rings. The molecule has 0 heterocycles. The molecule has 0 unspecified atom stereocenters. The lowest BCUT2D eigenvalue weighted by atomic mass is 10.1. The van der Waals surface area contributed by atoms with Gasteiger partial charge in [-0.25, -0.2) is 0 Å². The SMILES string of the molecule is CCCCc1ccc(NC(=S)N(C)C)cc1. The van der Waals surface area contributed by atoms with Crippen molar-refractivity contribution in [3.8, 4) is 0 Å². The Balaban J connectivity index is 2.54. The minimum atomic E-state index is 0.737. The first-order chi connectivity index (χ1) is 7.63. The van der Waals surface area contributed by atoms with E-state index < -0.39 is 0 Å². The van der Waals surface area contributed by atoms with Crippen LogP contribution in [0.4, 0.5) is 5.69 Å². The first kappa shape index (κ1) is 13.0. The molecule has 2 nitrogen and oxygen atoms in total. The van der Waals surface area contributed by atoms with Crippen LogP contribution in [0.2, 0.25) is 0 Å². The lowest BCUT2D eigenvalue weighted by Gasteiger charge is -2.15. The summed E-state index contributed by atoms with van der Waals surface area (Å²) in [5.74, 6) is 0. The summed E-state index contributed by atoms with van der Waals surface area (Å²) >= 11 is 5.18. The summed E-state index contributed by atoms with van der Waals surface area (Å²) in [7, 11) is 3.87. The Kier molecular flexibility index (Phi) is 5.26. The Morgan fingerprint density at radius 1 is 1.25 bits per heavy atom. The van der Waals surface area contributed by atoms with Gasteiger partial charge in [-0.05, 0) is 42.8 Å². The van der Waals surface area contributed by atoms with Crippen molar-refractivity contribution < 1.29 is 0 Å². The summed E-state index contributed by atoms with van der Waals surface area (Å²) in [4.78, 5) is 1.89. The fraction of sp³-hybridized carbons (Fsp3) is 0.462. The van der Waals surface area contributed by atoms with Gasteiger partial charge in [0.05, 0.1) is 0 Å². The van der Waals surface area contributed by atoms with Crippen LogP contribution in [0.5, 0.6) is 0 Å². The third-order valence-electron chi connectivity index (χ3n) is 2.43. The van der Waals surface area contributed by atoms with E-state index in [2.05, 4.69) is 36.5 Å². The average molecular weight is 236 g/mol. The zero-order valence-corrected chi connectivity index (χ0v) is 11.1. The topological polar surface area (TPSA) is 15.3 Å². The summed E-state index contributed by atoms with van der Waals surface area (Å²) in [6.45, 7) is 2.21. The minimum absolute atomic E-state index is 0.737. The molecule has 1 N–H and O–H groups in total. The van der Waals surface area contributed by atoms with Gasteiger partial charge in [-0.15, -0.1) is 0 Å². The second-order valence-electron chi connectivity index (χ2n) is 4.13. The van der Waals surface area contributed by atoms with Crippen molar-refractivity contribution in [2.45, 2.75) is 26.2 Å². The van der Waals surface area contributed by atoms with Crippen LogP contribution in [0.15, 0.2) is 24.3 Å². The molecule has 0 saturated heterocycles. The van der Waals surface area contributed by atoms with Gasteiger partial charge in [0.25, 0.3) is 0 Å². The van der Waals surface area contributed by atoms with Crippen molar-refractivity contribution in [3.63, 3.8) is 0 Å². The lowest BCUT2D eigenvalue weighted by Crippen LogP contribution is -2.26. The van der Waals surface area contributed by atoms with E-state index in [4.69, 9.17) is 12.2 Å². The Morgan fingerprint density at radius 3 is 2.38 bits per heavy atom. The highest BCUT2D eigenvalue weighted by atomic mass is 32.1. The molecule has 16 heavy (non-hydrogen) atoms. The predicted molar refractivity (Wildman–Crippen MR) is 75.0 cm³/mol. The van der Waals surface area contributed by atoms with E-state index in [1.54, 1.807) is 0 Å². The molecule has 0 amide bonds. The molecule has 1 aromatic rings. The minimum Gasteiger partial charge on any atom is -0.355 e. The van der Waals surface area contributed by atoms with E-state index in [0.717, 1.165) is 17.2 Å². The van der Waals surface area contributed by atoms with Gasteiger partial charge in [0.1, 0.15) is 0 Å². The zero-order valence-electron chi connectivity index (χ0n) is 10.3. The van der Waals surface area contributed by atoms with Gasteiger partial charge in [-0.2, -0.15) is 0 Å². The molecule has 0 bridgehead atoms. The summed E-state index contributed by atoms with van der Waals surface area (Å²) in [6.07, 6.45) is 3.66. The Labute approximate surface area is 104 Å². The maximum atomic E-state index is 5.18. The van der Waals surface area contributed by atoms with E-state index in [1.165, 1.54) is 18.4 Å². The van der Waals surface area contributed by atoms with Gasteiger partial charge in [0, 0.05) is 19.8 Å². The number of unbranched alkanes of at least 4 members (excludes halogenated alkanes) is 1. The van der Waals surface area contributed by atoms with Gasteiger partial charge < -0.3 is 10.2 Å². The van der Waals surface area contributed by atoms with Crippen LogP contribution in [0.3, 0.4) is 0 Å². The Bertz CT molecular complexity index is 330. The summed E-state index contributed by atoms with van der Waals surface area (Å²) in [5.41, 5.74) is 2.45. The van der Waals surface area contributed by atoms with Gasteiger partial charge in [0.2, 0.25) is 0 Å². The van der Waals surface area contributed by atoms with Crippen LogP contribution in [0, 0.1) is 0 Å². The van der Waals surface area contributed by atoms with Crippen molar-refractivity contribution in [1.82, 2.24) is 4.90 Å². The molecule has 0 aliphatic carbocycles. The van der Waals surface area contributed by atoms with E-state index in [0.29, 0.717) is 0 Å². The molecule has 0 spiro atoms. The van der Waals surface area contributed by atoms with Crippen molar-refractivity contribution in [2.75, 3.05) is 19.4 Å². The van der Waals surface area contributed by atoms with Crippen LogP contribution in [-0.4, -0.2) is 24.1 Å². The number of hydrogen-bond donors (Lipinski definition) is 1. The highest BCUT2D eigenvalue weighted by Gasteiger charge is 1.99. The summed E-state index contributed by atoms with van der Waals surface area (Å²) in [5, 5.41) is 3.92. The number of anilines is 1. The average Bonchev–Trinajstić information content (AvgIpc) is 2.28. The molecule has 0 fully saturated rings. The van der Waals surface area contributed by atoms with Crippen molar-refractivity contribution in [2.24, 2.45) is 0 Å².